The van der Waals surface area contributed by atoms with E-state index in [0.29, 0.717) is 12.4 Å². The smallest absolute Gasteiger partial charge is 0.167 e. The maximum Gasteiger partial charge on any atom is 0.167 e. The van der Waals surface area contributed by atoms with Gasteiger partial charge in [0.25, 0.3) is 0 Å². The van der Waals surface area contributed by atoms with E-state index in [-0.39, 0.29) is 11.4 Å². The van der Waals surface area contributed by atoms with Crippen LogP contribution in [-0.4, -0.2) is 38.3 Å². The van der Waals surface area contributed by atoms with Gasteiger partial charge in [0.15, 0.2) is 11.6 Å². The second-order valence-electron chi connectivity index (χ2n) is 3.90. The fourth-order valence-corrected chi connectivity index (χ4v) is 1.66. The molecule has 0 atom stereocenters. The van der Waals surface area contributed by atoms with Crippen LogP contribution in [0.3, 0.4) is 0 Å². The van der Waals surface area contributed by atoms with Crippen molar-refractivity contribution in [1.82, 2.24) is 4.90 Å². The van der Waals surface area contributed by atoms with Crippen molar-refractivity contribution >= 4 is 5.69 Å². The molecule has 0 aromatic heterocycles. The molecular weight excluding hydrogens is 235 g/mol. The Hall–Kier alpha value is -1.49. The van der Waals surface area contributed by atoms with Crippen LogP contribution in [0, 0.1) is 5.82 Å². The Labute approximate surface area is 107 Å². The van der Waals surface area contributed by atoms with Crippen LogP contribution in [-0.2, 0) is 0 Å². The number of methoxy groups -OCH3 is 1. The summed E-state index contributed by atoms with van der Waals surface area (Å²) in [5.41, 5.74) is 5.86. The second-order valence-corrected chi connectivity index (χ2v) is 3.90. The van der Waals surface area contributed by atoms with E-state index in [1.807, 2.05) is 0 Å². The Morgan fingerprint density at radius 3 is 2.44 bits per heavy atom. The van der Waals surface area contributed by atoms with Crippen molar-refractivity contribution in [3.8, 4) is 11.5 Å². The van der Waals surface area contributed by atoms with Crippen molar-refractivity contribution in [3.63, 3.8) is 0 Å². The van der Waals surface area contributed by atoms with Crippen molar-refractivity contribution in [1.29, 1.82) is 0 Å². The summed E-state index contributed by atoms with van der Waals surface area (Å²) in [6.07, 6.45) is 0. The third-order valence-electron chi connectivity index (χ3n) is 2.84. The van der Waals surface area contributed by atoms with E-state index in [4.69, 9.17) is 15.2 Å². The van der Waals surface area contributed by atoms with E-state index in [1.165, 1.54) is 19.2 Å². The van der Waals surface area contributed by atoms with Gasteiger partial charge in [0.2, 0.25) is 0 Å². The lowest BCUT2D eigenvalue weighted by atomic mass is 10.2. The lowest BCUT2D eigenvalue weighted by Gasteiger charge is -2.18. The van der Waals surface area contributed by atoms with E-state index in [1.54, 1.807) is 0 Å². The van der Waals surface area contributed by atoms with E-state index < -0.39 is 5.82 Å². The lowest BCUT2D eigenvalue weighted by molar-refractivity contribution is 0.217. The summed E-state index contributed by atoms with van der Waals surface area (Å²) < 4.78 is 24.0. The molecule has 4 nitrogen and oxygen atoms in total. The average Bonchev–Trinajstić information content (AvgIpc) is 2.37. The van der Waals surface area contributed by atoms with Crippen LogP contribution in [0.15, 0.2) is 12.1 Å². The zero-order valence-electron chi connectivity index (χ0n) is 11.2. The number of hydrogen-bond acceptors (Lipinski definition) is 4. The zero-order valence-corrected chi connectivity index (χ0v) is 11.2. The van der Waals surface area contributed by atoms with Gasteiger partial charge < -0.3 is 20.1 Å². The number of nitrogens with zero attached hydrogens (tertiary/aromatic N) is 1. The number of benzene rings is 1. The summed E-state index contributed by atoms with van der Waals surface area (Å²) in [6.45, 7) is 7.26. The highest BCUT2D eigenvalue weighted by molar-refractivity contribution is 5.56. The van der Waals surface area contributed by atoms with E-state index in [0.717, 1.165) is 19.6 Å². The normalized spacial score (nSPS) is 10.7. The summed E-state index contributed by atoms with van der Waals surface area (Å²) in [7, 11) is 1.49. The minimum absolute atomic E-state index is 0.174. The van der Waals surface area contributed by atoms with Crippen LogP contribution in [0.2, 0.25) is 0 Å². The summed E-state index contributed by atoms with van der Waals surface area (Å²) in [5.74, 6) is 0.135. The van der Waals surface area contributed by atoms with Crippen LogP contribution in [0.25, 0.3) is 0 Å². The molecular formula is C13H21FN2O2. The van der Waals surface area contributed by atoms with Gasteiger partial charge in [-0.2, -0.15) is 0 Å². The summed E-state index contributed by atoms with van der Waals surface area (Å²) in [6, 6.07) is 2.69. The van der Waals surface area contributed by atoms with Gasteiger partial charge in [0, 0.05) is 18.7 Å². The largest absolute Gasteiger partial charge is 0.494 e. The topological polar surface area (TPSA) is 47.7 Å². The quantitative estimate of drug-likeness (QED) is 0.759. The maximum atomic E-state index is 13.6. The molecule has 0 aliphatic heterocycles. The Balaban J connectivity index is 2.61. The van der Waals surface area contributed by atoms with Gasteiger partial charge in [-0.25, -0.2) is 4.39 Å². The SMILES string of the molecule is CCN(CC)CCOc1cc(OC)c(N)cc1F. The van der Waals surface area contributed by atoms with Gasteiger partial charge in [0.1, 0.15) is 12.4 Å². The summed E-state index contributed by atoms with van der Waals surface area (Å²) in [4.78, 5) is 2.20. The van der Waals surface area contributed by atoms with Crippen LogP contribution < -0.4 is 15.2 Å². The van der Waals surface area contributed by atoms with Gasteiger partial charge >= 0.3 is 0 Å². The molecule has 1 rings (SSSR count). The predicted molar refractivity (Wildman–Crippen MR) is 70.6 cm³/mol. The Morgan fingerprint density at radius 1 is 1.22 bits per heavy atom. The van der Waals surface area contributed by atoms with Crippen LogP contribution >= 0.6 is 0 Å². The number of rotatable bonds is 7. The number of likely N-dealkylation sites (N-methyl/N-ethyl adjacent to an activating group) is 1. The number of nitrogens with two attached hydrogens (primary N) is 1. The van der Waals surface area contributed by atoms with E-state index in [9.17, 15) is 4.39 Å². The Kier molecular flexibility index (Phi) is 5.71. The first-order valence-electron chi connectivity index (χ1n) is 6.10. The molecule has 0 saturated carbocycles. The molecule has 0 aliphatic rings. The van der Waals surface area contributed by atoms with Gasteiger partial charge in [-0.15, -0.1) is 0 Å². The molecule has 0 spiro atoms. The molecule has 2 N–H and O–H groups in total. The first-order valence-corrected chi connectivity index (χ1v) is 6.10. The molecule has 18 heavy (non-hydrogen) atoms. The first kappa shape index (κ1) is 14.6. The van der Waals surface area contributed by atoms with Crippen molar-refractivity contribution < 1.29 is 13.9 Å². The molecule has 0 saturated heterocycles. The van der Waals surface area contributed by atoms with Gasteiger partial charge in [-0.05, 0) is 13.1 Å². The first-order chi connectivity index (χ1) is 8.62. The van der Waals surface area contributed by atoms with E-state index >= 15 is 0 Å². The standard InChI is InChI=1S/C13H21FN2O2/c1-4-16(5-2)6-7-18-12-9-13(17-3)11(15)8-10(12)14/h8-9H,4-7,15H2,1-3H3. The summed E-state index contributed by atoms with van der Waals surface area (Å²) >= 11 is 0. The van der Waals surface area contributed by atoms with Crippen LogP contribution in [0.1, 0.15) is 13.8 Å². The number of nitrogen functional groups attached to an aromatic ring is 1. The van der Waals surface area contributed by atoms with E-state index in [2.05, 4.69) is 18.7 Å². The third kappa shape index (κ3) is 3.77. The zero-order chi connectivity index (χ0) is 13.5. The van der Waals surface area contributed by atoms with Crippen molar-refractivity contribution in [2.45, 2.75) is 13.8 Å². The second kappa shape index (κ2) is 7.06. The molecule has 5 heteroatoms. The highest BCUT2D eigenvalue weighted by atomic mass is 19.1. The van der Waals surface area contributed by atoms with Gasteiger partial charge in [0.05, 0.1) is 12.8 Å². The third-order valence-corrected chi connectivity index (χ3v) is 2.84. The molecule has 0 fully saturated rings. The highest BCUT2D eigenvalue weighted by Gasteiger charge is 2.10. The molecule has 1 aromatic rings. The molecule has 102 valence electrons. The van der Waals surface area contributed by atoms with Gasteiger partial charge in [-0.1, -0.05) is 13.8 Å². The number of halogens is 1. The number of anilines is 1. The summed E-state index contributed by atoms with van der Waals surface area (Å²) in [5, 5.41) is 0. The average molecular weight is 256 g/mol. The van der Waals surface area contributed by atoms with Crippen molar-refractivity contribution in [3.05, 3.63) is 17.9 Å². The fraction of sp³-hybridized carbons (Fsp3) is 0.538. The fourth-order valence-electron chi connectivity index (χ4n) is 1.66. The minimum atomic E-state index is -0.465. The molecule has 0 bridgehead atoms. The number of ether oxygens (including phenoxy) is 2. The monoisotopic (exact) mass is 256 g/mol. The number of hydrogen-bond donors (Lipinski definition) is 1. The van der Waals surface area contributed by atoms with Gasteiger partial charge in [-0.3, -0.25) is 0 Å². The maximum absolute atomic E-state index is 13.6. The minimum Gasteiger partial charge on any atom is -0.494 e. The molecule has 0 unspecified atom stereocenters. The van der Waals surface area contributed by atoms with Crippen LogP contribution in [0.5, 0.6) is 11.5 Å². The lowest BCUT2D eigenvalue weighted by Crippen LogP contribution is -2.28. The van der Waals surface area contributed by atoms with Crippen molar-refractivity contribution in [2.75, 3.05) is 39.1 Å². The van der Waals surface area contributed by atoms with Crippen LogP contribution in [0.4, 0.5) is 10.1 Å². The molecule has 1 aromatic carbocycles. The Morgan fingerprint density at radius 2 is 1.89 bits per heavy atom. The Bertz CT molecular complexity index is 381. The molecule has 0 amide bonds. The molecule has 0 aliphatic carbocycles. The highest BCUT2D eigenvalue weighted by Crippen LogP contribution is 2.29. The molecule has 0 heterocycles. The predicted octanol–water partition coefficient (Wildman–Crippen LogP) is 2.14. The molecule has 0 radical (unpaired) electrons. The van der Waals surface area contributed by atoms with Crippen molar-refractivity contribution in [2.24, 2.45) is 0 Å².